The number of aromatic nitrogens is 2. The van der Waals surface area contributed by atoms with Crippen LogP contribution in [0.15, 0.2) is 41.5 Å². The van der Waals surface area contributed by atoms with Gasteiger partial charge in [0.1, 0.15) is 4.70 Å². The second kappa shape index (κ2) is 6.67. The summed E-state index contributed by atoms with van der Waals surface area (Å²) in [5, 5.41) is 0.710. The molecule has 124 valence electrons. The largest absolute Gasteiger partial charge is 0.302 e. The van der Waals surface area contributed by atoms with Gasteiger partial charge in [0.25, 0.3) is 5.56 Å². The Hall–Kier alpha value is -1.69. The van der Waals surface area contributed by atoms with Crippen LogP contribution >= 0.6 is 22.9 Å². The van der Waals surface area contributed by atoms with Crippen LogP contribution < -0.4 is 5.56 Å². The number of rotatable bonds is 4. The molecule has 0 radical (unpaired) electrons. The molecule has 0 amide bonds. The van der Waals surface area contributed by atoms with Crippen molar-refractivity contribution >= 4 is 33.2 Å². The molecule has 1 aliphatic rings. The summed E-state index contributed by atoms with van der Waals surface area (Å²) < 4.78 is 2.46. The van der Waals surface area contributed by atoms with E-state index in [9.17, 15) is 4.79 Å². The predicted octanol–water partition coefficient (Wildman–Crippen LogP) is 3.87. The molecule has 0 aliphatic carbocycles. The maximum atomic E-state index is 12.7. The molecule has 0 N–H and O–H groups in total. The fourth-order valence-corrected chi connectivity index (χ4v) is 4.31. The molecule has 2 aromatic heterocycles. The van der Waals surface area contributed by atoms with Crippen LogP contribution in [0, 0.1) is 0 Å². The number of halogens is 1. The monoisotopic (exact) mass is 359 g/mol. The number of likely N-dealkylation sites (tertiary alicyclic amines) is 1. The van der Waals surface area contributed by atoms with Gasteiger partial charge in [-0.3, -0.25) is 9.36 Å². The Kier molecular flexibility index (Phi) is 4.39. The first-order chi connectivity index (χ1) is 11.7. The third-order valence-electron chi connectivity index (χ3n) is 4.49. The van der Waals surface area contributed by atoms with Crippen LogP contribution in [0.5, 0.6) is 0 Å². The molecular weight excluding hydrogens is 342 g/mol. The molecule has 0 bridgehead atoms. The second-order valence-electron chi connectivity index (χ2n) is 6.12. The van der Waals surface area contributed by atoms with Crippen molar-refractivity contribution in [2.24, 2.45) is 0 Å². The smallest absolute Gasteiger partial charge is 0.271 e. The number of fused-ring (bicyclic) bond motifs is 1. The molecule has 0 saturated carbocycles. The lowest BCUT2D eigenvalue weighted by Gasteiger charge is -2.14. The van der Waals surface area contributed by atoms with Crippen molar-refractivity contribution in [1.29, 1.82) is 0 Å². The first kappa shape index (κ1) is 15.8. The zero-order chi connectivity index (χ0) is 16.5. The van der Waals surface area contributed by atoms with Crippen LogP contribution in [-0.2, 0) is 6.54 Å². The quantitative estimate of drug-likeness (QED) is 0.709. The third-order valence-corrected chi connectivity index (χ3v) is 5.90. The second-order valence-corrected chi connectivity index (χ2v) is 7.61. The van der Waals surface area contributed by atoms with Gasteiger partial charge in [0.15, 0.2) is 0 Å². The molecule has 0 unspecified atom stereocenters. The van der Waals surface area contributed by atoms with Gasteiger partial charge in [-0.15, -0.1) is 11.3 Å². The molecule has 4 rings (SSSR count). The summed E-state index contributed by atoms with van der Waals surface area (Å²) in [6, 6.07) is 9.65. The maximum absolute atomic E-state index is 12.7. The lowest BCUT2D eigenvalue weighted by molar-refractivity contribution is 0.320. The normalized spacial score (nSPS) is 15.4. The minimum Gasteiger partial charge on any atom is -0.302 e. The molecule has 1 fully saturated rings. The van der Waals surface area contributed by atoms with Gasteiger partial charge in [-0.05, 0) is 49.7 Å². The van der Waals surface area contributed by atoms with Crippen molar-refractivity contribution in [3.05, 3.63) is 52.0 Å². The van der Waals surface area contributed by atoms with E-state index >= 15 is 0 Å². The van der Waals surface area contributed by atoms with Crippen LogP contribution in [0.1, 0.15) is 12.8 Å². The number of hydrogen-bond acceptors (Lipinski definition) is 4. The zero-order valence-electron chi connectivity index (χ0n) is 13.2. The Morgan fingerprint density at radius 1 is 1.12 bits per heavy atom. The van der Waals surface area contributed by atoms with Gasteiger partial charge in [0, 0.05) is 23.0 Å². The van der Waals surface area contributed by atoms with E-state index in [1.54, 1.807) is 10.9 Å². The Bertz CT molecular complexity index is 910. The van der Waals surface area contributed by atoms with E-state index in [1.165, 1.54) is 24.2 Å². The lowest BCUT2D eigenvalue weighted by atomic mass is 10.2. The predicted molar refractivity (Wildman–Crippen MR) is 100 cm³/mol. The summed E-state index contributed by atoms with van der Waals surface area (Å²) in [5.41, 5.74) is 1.89. The topological polar surface area (TPSA) is 38.1 Å². The highest BCUT2D eigenvalue weighted by Crippen LogP contribution is 2.31. The summed E-state index contributed by atoms with van der Waals surface area (Å²) >= 11 is 7.45. The molecule has 0 atom stereocenters. The first-order valence-electron chi connectivity index (χ1n) is 8.18. The van der Waals surface area contributed by atoms with E-state index in [4.69, 9.17) is 11.6 Å². The van der Waals surface area contributed by atoms with E-state index in [0.717, 1.165) is 40.3 Å². The Balaban J connectivity index is 1.63. The summed E-state index contributed by atoms with van der Waals surface area (Å²) in [6.07, 6.45) is 4.21. The molecular formula is C18H18ClN3OS. The average molecular weight is 360 g/mol. The van der Waals surface area contributed by atoms with E-state index in [2.05, 4.69) is 9.88 Å². The van der Waals surface area contributed by atoms with Crippen molar-refractivity contribution in [1.82, 2.24) is 14.5 Å². The van der Waals surface area contributed by atoms with Gasteiger partial charge in [-0.25, -0.2) is 4.98 Å². The van der Waals surface area contributed by atoms with Crippen LogP contribution in [0.2, 0.25) is 5.02 Å². The number of benzene rings is 1. The zero-order valence-corrected chi connectivity index (χ0v) is 14.8. The Labute approximate surface area is 149 Å². The van der Waals surface area contributed by atoms with E-state index in [-0.39, 0.29) is 5.56 Å². The van der Waals surface area contributed by atoms with E-state index < -0.39 is 0 Å². The lowest BCUT2D eigenvalue weighted by Crippen LogP contribution is -2.29. The van der Waals surface area contributed by atoms with Crippen molar-refractivity contribution in [2.75, 3.05) is 19.6 Å². The number of hydrogen-bond donors (Lipinski definition) is 0. The summed E-state index contributed by atoms with van der Waals surface area (Å²) in [6.45, 7) is 3.91. The van der Waals surface area contributed by atoms with Gasteiger partial charge in [-0.2, -0.15) is 0 Å². The van der Waals surface area contributed by atoms with Crippen molar-refractivity contribution in [3.8, 4) is 10.4 Å². The molecule has 4 nitrogen and oxygen atoms in total. The molecule has 24 heavy (non-hydrogen) atoms. The minimum atomic E-state index is 0.0596. The Morgan fingerprint density at radius 3 is 2.62 bits per heavy atom. The fourth-order valence-electron chi connectivity index (χ4n) is 3.12. The SMILES string of the molecule is O=c1c2sc(-c3ccc(Cl)cc3)cc2ncn1CCN1CCCC1. The summed E-state index contributed by atoms with van der Waals surface area (Å²) in [7, 11) is 0. The van der Waals surface area contributed by atoms with Crippen LogP contribution in [0.4, 0.5) is 0 Å². The van der Waals surface area contributed by atoms with Crippen LogP contribution in [0.25, 0.3) is 20.7 Å². The number of thiophene rings is 1. The number of nitrogens with zero attached hydrogens (tertiary/aromatic N) is 3. The van der Waals surface area contributed by atoms with Gasteiger partial charge < -0.3 is 4.90 Å². The van der Waals surface area contributed by atoms with Crippen LogP contribution in [-0.4, -0.2) is 34.1 Å². The van der Waals surface area contributed by atoms with Crippen molar-refractivity contribution in [2.45, 2.75) is 19.4 Å². The standard InChI is InChI=1S/C18H18ClN3OS/c19-14-5-3-13(4-6-14)16-11-15-17(24-16)18(23)22(12-20-15)10-9-21-7-1-2-8-21/h3-6,11-12H,1-2,7-10H2. The van der Waals surface area contributed by atoms with Crippen LogP contribution in [0.3, 0.4) is 0 Å². The fraction of sp³-hybridized carbons (Fsp3) is 0.333. The molecule has 0 spiro atoms. The van der Waals surface area contributed by atoms with Gasteiger partial charge >= 0.3 is 0 Å². The molecule has 6 heteroatoms. The maximum Gasteiger partial charge on any atom is 0.271 e. The summed E-state index contributed by atoms with van der Waals surface area (Å²) in [4.78, 5) is 20.7. The van der Waals surface area contributed by atoms with E-state index in [1.807, 2.05) is 30.3 Å². The average Bonchev–Trinajstić information content (AvgIpc) is 3.24. The van der Waals surface area contributed by atoms with Crippen molar-refractivity contribution in [3.63, 3.8) is 0 Å². The van der Waals surface area contributed by atoms with Gasteiger partial charge in [-0.1, -0.05) is 23.7 Å². The van der Waals surface area contributed by atoms with E-state index in [0.29, 0.717) is 11.6 Å². The van der Waals surface area contributed by atoms with Gasteiger partial charge in [0.2, 0.25) is 0 Å². The minimum absolute atomic E-state index is 0.0596. The highest BCUT2D eigenvalue weighted by Gasteiger charge is 2.13. The molecule has 3 heterocycles. The molecule has 1 aromatic carbocycles. The molecule has 3 aromatic rings. The Morgan fingerprint density at radius 2 is 1.88 bits per heavy atom. The highest BCUT2D eigenvalue weighted by molar-refractivity contribution is 7.22. The molecule has 1 aliphatic heterocycles. The third kappa shape index (κ3) is 3.11. The summed E-state index contributed by atoms with van der Waals surface area (Å²) in [5.74, 6) is 0. The highest BCUT2D eigenvalue weighted by atomic mass is 35.5. The molecule has 1 saturated heterocycles. The van der Waals surface area contributed by atoms with Gasteiger partial charge in [0.05, 0.1) is 11.8 Å². The first-order valence-corrected chi connectivity index (χ1v) is 9.37. The van der Waals surface area contributed by atoms with Crippen molar-refractivity contribution < 1.29 is 0 Å².